The van der Waals surface area contributed by atoms with Gasteiger partial charge in [-0.1, -0.05) is 211 Å². The van der Waals surface area contributed by atoms with Gasteiger partial charge in [-0.15, -0.1) is 5.46 Å². The van der Waals surface area contributed by atoms with Crippen LogP contribution in [-0.4, -0.2) is 28.9 Å². The molecule has 0 saturated carbocycles. The molecule has 7 aromatic carbocycles. The van der Waals surface area contributed by atoms with E-state index in [9.17, 15) is 0 Å². The van der Waals surface area contributed by atoms with Gasteiger partial charge in [0.25, 0.3) is 0 Å². The summed E-state index contributed by atoms with van der Waals surface area (Å²) in [5.41, 5.74) is 26.4. The van der Waals surface area contributed by atoms with E-state index in [0.29, 0.717) is 23.7 Å². The van der Waals surface area contributed by atoms with Gasteiger partial charge in [0.05, 0.1) is 0 Å². The fourth-order valence-electron chi connectivity index (χ4n) is 13.3. The number of anilines is 2. The number of fused-ring (bicyclic) bond motifs is 10. The predicted molar refractivity (Wildman–Crippen MR) is 342 cm³/mol. The number of hydrogen-bond donors (Lipinski definition) is 0. The molecule has 4 nitrogen and oxygen atoms in total. The summed E-state index contributed by atoms with van der Waals surface area (Å²) in [5, 5.41) is 5.42. The first-order valence-corrected chi connectivity index (χ1v) is 29.5. The first kappa shape index (κ1) is 56.8. The minimum atomic E-state index is 0. The Morgan fingerprint density at radius 3 is 1.08 bits per heavy atom. The molecular weight excluding hydrogens is 1140 g/mol. The third kappa shape index (κ3) is 9.44. The standard InChI is InChI=1S/C46H48BN2.C27H39N2.Au/c1-43(2,3)26-16-18-36-30(20-26)32-22-28(45(7,8)9)24-34-41(32)48(36)38-14-13-15-39-40(38)47(34)35-25-29(46(10,11)12)23-33-31-21-27(44(4,5)6)17-19-37(31)49(39)42(33)35;1-18(2)22-11-9-12-23(19(3)4)26(22)28-15-16-29(17-28)27-24(20(5)6)13-10-14-25(27)21(7)8;/h14-25H,1-12H3;9-14,17-21H,15-16H2,1-8H3;/q2*-1;. The van der Waals surface area contributed by atoms with Crippen molar-refractivity contribution in [2.45, 2.75) is 184 Å². The van der Waals surface area contributed by atoms with Gasteiger partial charge in [-0.25, -0.2) is 0 Å². The summed E-state index contributed by atoms with van der Waals surface area (Å²) in [6, 6.07) is 46.4. The second-order valence-corrected chi connectivity index (χ2v) is 28.8. The zero-order valence-electron chi connectivity index (χ0n) is 51.4. The summed E-state index contributed by atoms with van der Waals surface area (Å²) in [7, 11) is 0. The van der Waals surface area contributed by atoms with Crippen LogP contribution in [0.25, 0.3) is 55.0 Å². The minimum Gasteiger partial charge on any atom is -0.502 e. The van der Waals surface area contributed by atoms with Gasteiger partial charge in [0.2, 0.25) is 6.71 Å². The molecule has 79 heavy (non-hydrogen) atoms. The molecule has 3 aliphatic rings. The van der Waals surface area contributed by atoms with Crippen molar-refractivity contribution in [3.8, 4) is 11.4 Å². The van der Waals surface area contributed by atoms with Crippen LogP contribution in [0.5, 0.6) is 0 Å². The van der Waals surface area contributed by atoms with E-state index in [4.69, 9.17) is 0 Å². The molecule has 12 rings (SSSR count). The van der Waals surface area contributed by atoms with Crippen LogP contribution in [0.3, 0.4) is 0 Å². The maximum atomic E-state index is 3.65. The van der Waals surface area contributed by atoms with Crippen molar-refractivity contribution in [3.63, 3.8) is 0 Å². The normalized spacial score (nSPS) is 14.5. The molecule has 5 heterocycles. The number of nitrogens with zero attached hydrogens (tertiary/aromatic N) is 4. The van der Waals surface area contributed by atoms with Crippen LogP contribution in [0.15, 0.2) is 109 Å². The Hall–Kier alpha value is -5.45. The van der Waals surface area contributed by atoms with Crippen molar-refractivity contribution in [1.29, 1.82) is 0 Å². The van der Waals surface area contributed by atoms with E-state index in [2.05, 4.69) is 279 Å². The van der Waals surface area contributed by atoms with Gasteiger partial charge < -0.3 is 18.9 Å². The number of benzene rings is 7. The zero-order chi connectivity index (χ0) is 56.0. The molecule has 0 bridgehead atoms. The third-order valence-electron chi connectivity index (χ3n) is 17.7. The molecule has 2 aromatic heterocycles. The van der Waals surface area contributed by atoms with Crippen LogP contribution in [0.2, 0.25) is 0 Å². The van der Waals surface area contributed by atoms with E-state index in [-0.39, 0.29) is 50.8 Å². The van der Waals surface area contributed by atoms with Crippen LogP contribution < -0.4 is 26.2 Å². The molecular formula is C73H87AuBN4-2. The molecule has 0 spiro atoms. The van der Waals surface area contributed by atoms with Gasteiger partial charge in [0.15, 0.2) is 0 Å². The van der Waals surface area contributed by atoms with E-state index in [0.717, 1.165) is 13.1 Å². The molecule has 0 unspecified atom stereocenters. The minimum absolute atomic E-state index is 0. The Morgan fingerprint density at radius 1 is 0.430 bits per heavy atom. The Morgan fingerprint density at radius 2 is 0.759 bits per heavy atom. The molecule has 3 aliphatic heterocycles. The van der Waals surface area contributed by atoms with Gasteiger partial charge in [0.1, 0.15) is 0 Å². The fourth-order valence-corrected chi connectivity index (χ4v) is 13.3. The van der Waals surface area contributed by atoms with Crippen molar-refractivity contribution in [2.75, 3.05) is 22.9 Å². The summed E-state index contributed by atoms with van der Waals surface area (Å²) < 4.78 is 5.15. The molecule has 1 saturated heterocycles. The van der Waals surface area contributed by atoms with Gasteiger partial charge in [0, 0.05) is 90.5 Å². The average molecular weight is 1230 g/mol. The molecule has 0 atom stereocenters. The first-order chi connectivity index (χ1) is 36.6. The Labute approximate surface area is 491 Å². The summed E-state index contributed by atoms with van der Waals surface area (Å²) in [6.45, 7) is 51.1. The SMILES string of the molecule is CC(C)(C)c1ccc2c(c1)c1cc(C(C)(C)C)cc3c1n2-c1c[c-]cc2c1B3c1cc(C(C)(C)C)cc3c4cc(C(C)(C)C)ccc4n-2c13.CC(C)c1cccc(C(C)C)c1N1[CH-]N(c2c(C(C)C)cccc2C(C)C)CC1.[Au]. The molecule has 0 aliphatic carbocycles. The zero-order valence-corrected chi connectivity index (χ0v) is 53.5. The molecule has 1 fully saturated rings. The molecule has 6 heteroatoms. The summed E-state index contributed by atoms with van der Waals surface area (Å²) in [5.74, 6) is 2.06. The number of hydrogen-bond acceptors (Lipinski definition) is 2. The van der Waals surface area contributed by atoms with Crippen LogP contribution in [0.4, 0.5) is 11.4 Å². The molecule has 1 radical (unpaired) electrons. The van der Waals surface area contributed by atoms with Gasteiger partial charge in [-0.3, -0.25) is 0 Å². The van der Waals surface area contributed by atoms with E-state index in [1.165, 1.54) is 127 Å². The second kappa shape index (κ2) is 19.9. The van der Waals surface area contributed by atoms with Crippen molar-refractivity contribution < 1.29 is 22.4 Å². The van der Waals surface area contributed by atoms with Crippen molar-refractivity contribution in [2.24, 2.45) is 0 Å². The van der Waals surface area contributed by atoms with Crippen molar-refractivity contribution >= 4 is 78.1 Å². The quantitative estimate of drug-likeness (QED) is 0.122. The second-order valence-electron chi connectivity index (χ2n) is 28.8. The Bertz CT molecular complexity index is 3550. The number of para-hydroxylation sites is 2. The maximum Gasteiger partial charge on any atom is 0.226 e. The van der Waals surface area contributed by atoms with E-state index in [1.54, 1.807) is 0 Å². The third-order valence-corrected chi connectivity index (χ3v) is 17.7. The van der Waals surface area contributed by atoms with Gasteiger partial charge >= 0.3 is 0 Å². The molecule has 0 amide bonds. The first-order valence-electron chi connectivity index (χ1n) is 29.5. The number of aromatic nitrogens is 2. The van der Waals surface area contributed by atoms with Crippen LogP contribution >= 0.6 is 0 Å². The largest absolute Gasteiger partial charge is 0.502 e. The van der Waals surface area contributed by atoms with Gasteiger partial charge in [-0.2, -0.15) is 24.9 Å². The average Bonchev–Trinajstić information content (AvgIpc) is 3.18. The van der Waals surface area contributed by atoms with E-state index < -0.39 is 0 Å². The number of rotatable bonds is 6. The molecule has 415 valence electrons. The van der Waals surface area contributed by atoms with Crippen LogP contribution in [-0.2, 0) is 44.0 Å². The summed E-state index contributed by atoms with van der Waals surface area (Å²) in [4.78, 5) is 5.01. The maximum absolute atomic E-state index is 3.65. The predicted octanol–water partition coefficient (Wildman–Crippen LogP) is 17.6. The van der Waals surface area contributed by atoms with Crippen molar-refractivity contribution in [3.05, 3.63) is 166 Å². The molecule has 9 aromatic rings. The van der Waals surface area contributed by atoms with Crippen molar-refractivity contribution in [1.82, 2.24) is 9.13 Å². The van der Waals surface area contributed by atoms with E-state index >= 15 is 0 Å². The van der Waals surface area contributed by atoms with Crippen LogP contribution in [0.1, 0.15) is 207 Å². The Kier molecular flexibility index (Phi) is 14.3. The monoisotopic (exact) mass is 1230 g/mol. The van der Waals surface area contributed by atoms with Gasteiger partial charge in [-0.05, 0) is 137 Å². The summed E-state index contributed by atoms with van der Waals surface area (Å²) in [6.07, 6.45) is 0. The van der Waals surface area contributed by atoms with Crippen LogP contribution in [0, 0.1) is 12.7 Å². The van der Waals surface area contributed by atoms with E-state index in [1.807, 2.05) is 0 Å². The Balaban J connectivity index is 0.000000202. The smallest absolute Gasteiger partial charge is 0.226 e. The fraction of sp³-hybridized carbons (Fsp3) is 0.411. The summed E-state index contributed by atoms with van der Waals surface area (Å²) >= 11 is 0. The topological polar surface area (TPSA) is 16.3 Å². The molecule has 0 N–H and O–H groups in total.